The number of nitrogens with zero attached hydrogens (tertiary/aromatic N) is 1. The summed E-state index contributed by atoms with van der Waals surface area (Å²) >= 11 is 12.0. The molecule has 2 N–H and O–H groups in total. The minimum Gasteiger partial charge on any atom is -0.465 e. The summed E-state index contributed by atoms with van der Waals surface area (Å²) in [6.07, 6.45) is 0.464. The summed E-state index contributed by atoms with van der Waals surface area (Å²) in [6, 6.07) is 7.39. The smallest absolute Gasteiger partial charge is 0.404 e. The van der Waals surface area contributed by atoms with Gasteiger partial charge in [0.1, 0.15) is 5.15 Å². The predicted molar refractivity (Wildman–Crippen MR) is 79.3 cm³/mol. The first-order chi connectivity index (χ1) is 9.47. The van der Waals surface area contributed by atoms with Crippen LogP contribution in [0.3, 0.4) is 0 Å². The Morgan fingerprint density at radius 2 is 2.10 bits per heavy atom. The molecular formula is C14H12Cl2N2O2. The van der Waals surface area contributed by atoms with Crippen LogP contribution in [0.25, 0.3) is 11.1 Å². The zero-order valence-electron chi connectivity index (χ0n) is 10.7. The highest BCUT2D eigenvalue weighted by molar-refractivity contribution is 6.34. The van der Waals surface area contributed by atoms with Crippen molar-refractivity contribution in [2.75, 3.05) is 0 Å². The monoisotopic (exact) mass is 310 g/mol. The van der Waals surface area contributed by atoms with Crippen LogP contribution < -0.4 is 5.32 Å². The Labute approximate surface area is 126 Å². The van der Waals surface area contributed by atoms with Crippen LogP contribution in [0.15, 0.2) is 30.5 Å². The van der Waals surface area contributed by atoms with Gasteiger partial charge in [-0.3, -0.25) is 0 Å². The summed E-state index contributed by atoms with van der Waals surface area (Å²) in [4.78, 5) is 14.4. The lowest BCUT2D eigenvalue weighted by molar-refractivity contribution is 0.194. The van der Waals surface area contributed by atoms with Crippen molar-refractivity contribution in [1.82, 2.24) is 10.3 Å². The standard InChI is InChI=1S/C14H12Cl2N2O2/c1-8-4-9(2-3-10(8)6-18-14(19)20)11-5-13(16)17-7-12(11)15/h2-5,7,18H,6H2,1H3,(H,19,20). The zero-order valence-corrected chi connectivity index (χ0v) is 12.2. The van der Waals surface area contributed by atoms with Gasteiger partial charge in [0.25, 0.3) is 0 Å². The Hall–Kier alpha value is -1.78. The highest BCUT2D eigenvalue weighted by Gasteiger charge is 2.08. The van der Waals surface area contributed by atoms with Crippen molar-refractivity contribution in [1.29, 1.82) is 0 Å². The molecule has 20 heavy (non-hydrogen) atoms. The summed E-state index contributed by atoms with van der Waals surface area (Å²) in [6.45, 7) is 2.19. The van der Waals surface area contributed by atoms with E-state index in [1.807, 2.05) is 25.1 Å². The third-order valence-electron chi connectivity index (χ3n) is 2.91. The van der Waals surface area contributed by atoms with E-state index in [9.17, 15) is 4.79 Å². The first kappa shape index (κ1) is 14.6. The number of aromatic nitrogens is 1. The Morgan fingerprint density at radius 3 is 2.75 bits per heavy atom. The molecule has 0 atom stereocenters. The molecule has 0 bridgehead atoms. The number of carboxylic acid groups (broad SMARTS) is 1. The van der Waals surface area contributed by atoms with Crippen molar-refractivity contribution in [2.24, 2.45) is 0 Å². The molecule has 6 heteroatoms. The molecule has 1 heterocycles. The molecule has 0 saturated carbocycles. The van der Waals surface area contributed by atoms with Crippen molar-refractivity contribution < 1.29 is 9.90 Å². The molecule has 0 aliphatic rings. The number of benzene rings is 1. The van der Waals surface area contributed by atoms with Crippen LogP contribution >= 0.6 is 23.2 Å². The average molecular weight is 311 g/mol. The van der Waals surface area contributed by atoms with E-state index >= 15 is 0 Å². The number of aryl methyl sites for hydroxylation is 1. The second-order valence-electron chi connectivity index (χ2n) is 4.29. The number of nitrogens with one attached hydrogen (secondary N) is 1. The summed E-state index contributed by atoms with van der Waals surface area (Å²) < 4.78 is 0. The van der Waals surface area contributed by atoms with Gasteiger partial charge in [-0.25, -0.2) is 9.78 Å². The second-order valence-corrected chi connectivity index (χ2v) is 5.08. The van der Waals surface area contributed by atoms with Gasteiger partial charge < -0.3 is 10.4 Å². The van der Waals surface area contributed by atoms with Crippen LogP contribution in [-0.4, -0.2) is 16.2 Å². The summed E-state index contributed by atoms with van der Waals surface area (Å²) in [5.41, 5.74) is 3.59. The third-order valence-corrected chi connectivity index (χ3v) is 3.41. The fraction of sp³-hybridized carbons (Fsp3) is 0.143. The third kappa shape index (κ3) is 3.40. The van der Waals surface area contributed by atoms with E-state index in [0.29, 0.717) is 10.2 Å². The lowest BCUT2D eigenvalue weighted by atomic mass is 10.0. The number of hydrogen-bond donors (Lipinski definition) is 2. The number of pyridine rings is 1. The Bertz CT molecular complexity index is 660. The molecule has 0 aliphatic carbocycles. The van der Waals surface area contributed by atoms with Crippen molar-refractivity contribution >= 4 is 29.3 Å². The van der Waals surface area contributed by atoms with Crippen LogP contribution in [-0.2, 0) is 6.54 Å². The van der Waals surface area contributed by atoms with Crippen LogP contribution in [0, 0.1) is 6.92 Å². The van der Waals surface area contributed by atoms with Crippen molar-refractivity contribution in [3.63, 3.8) is 0 Å². The molecule has 0 spiro atoms. The maximum atomic E-state index is 10.5. The van der Waals surface area contributed by atoms with Gasteiger partial charge in [-0.2, -0.15) is 0 Å². The first-order valence-electron chi connectivity index (χ1n) is 5.85. The van der Waals surface area contributed by atoms with E-state index in [1.165, 1.54) is 6.20 Å². The molecule has 4 nitrogen and oxygen atoms in total. The Kier molecular flexibility index (Phi) is 4.47. The van der Waals surface area contributed by atoms with Gasteiger partial charge in [0, 0.05) is 18.3 Å². The lowest BCUT2D eigenvalue weighted by Gasteiger charge is -2.10. The van der Waals surface area contributed by atoms with E-state index in [4.69, 9.17) is 28.3 Å². The van der Waals surface area contributed by atoms with Crippen LogP contribution in [0.5, 0.6) is 0 Å². The number of halogens is 2. The molecular weight excluding hydrogens is 299 g/mol. The van der Waals surface area contributed by atoms with Crippen molar-refractivity contribution in [2.45, 2.75) is 13.5 Å². The van der Waals surface area contributed by atoms with E-state index in [-0.39, 0.29) is 6.54 Å². The normalized spacial score (nSPS) is 10.3. The number of hydrogen-bond acceptors (Lipinski definition) is 2. The summed E-state index contributed by atoms with van der Waals surface area (Å²) in [5.74, 6) is 0. The largest absolute Gasteiger partial charge is 0.465 e. The minimum atomic E-state index is -1.04. The van der Waals surface area contributed by atoms with Gasteiger partial charge in [0.05, 0.1) is 5.02 Å². The van der Waals surface area contributed by atoms with Crippen LogP contribution in [0.4, 0.5) is 4.79 Å². The fourth-order valence-corrected chi connectivity index (χ4v) is 2.24. The van der Waals surface area contributed by atoms with E-state index in [0.717, 1.165) is 22.3 Å². The maximum Gasteiger partial charge on any atom is 0.404 e. The average Bonchev–Trinajstić information content (AvgIpc) is 2.40. The Morgan fingerprint density at radius 1 is 1.35 bits per heavy atom. The molecule has 0 unspecified atom stereocenters. The SMILES string of the molecule is Cc1cc(-c2cc(Cl)ncc2Cl)ccc1CNC(=O)O. The van der Waals surface area contributed by atoms with E-state index in [2.05, 4.69) is 10.3 Å². The second kappa shape index (κ2) is 6.11. The van der Waals surface area contributed by atoms with Gasteiger partial charge >= 0.3 is 6.09 Å². The van der Waals surface area contributed by atoms with Gasteiger partial charge in [0.2, 0.25) is 0 Å². The molecule has 0 aliphatic heterocycles. The van der Waals surface area contributed by atoms with Crippen molar-refractivity contribution in [3.8, 4) is 11.1 Å². The number of amides is 1. The van der Waals surface area contributed by atoms with E-state index < -0.39 is 6.09 Å². The molecule has 104 valence electrons. The van der Waals surface area contributed by atoms with Crippen molar-refractivity contribution in [3.05, 3.63) is 51.8 Å². The summed E-state index contributed by atoms with van der Waals surface area (Å²) in [7, 11) is 0. The molecule has 2 rings (SSSR count). The molecule has 2 aromatic rings. The zero-order chi connectivity index (χ0) is 14.7. The Balaban J connectivity index is 2.33. The molecule has 0 fully saturated rings. The van der Waals surface area contributed by atoms with Crippen LogP contribution in [0.1, 0.15) is 11.1 Å². The predicted octanol–water partition coefficient (Wildman–Crippen LogP) is 4.13. The molecule has 1 aromatic carbocycles. The first-order valence-corrected chi connectivity index (χ1v) is 6.60. The maximum absolute atomic E-state index is 10.5. The minimum absolute atomic E-state index is 0.270. The molecule has 0 radical (unpaired) electrons. The van der Waals surface area contributed by atoms with E-state index in [1.54, 1.807) is 6.07 Å². The lowest BCUT2D eigenvalue weighted by Crippen LogP contribution is -2.20. The van der Waals surface area contributed by atoms with Gasteiger partial charge in [-0.15, -0.1) is 0 Å². The quantitative estimate of drug-likeness (QED) is 0.838. The topological polar surface area (TPSA) is 62.2 Å². The summed E-state index contributed by atoms with van der Waals surface area (Å²) in [5, 5.41) is 11.8. The number of rotatable bonds is 3. The van der Waals surface area contributed by atoms with Gasteiger partial charge in [-0.05, 0) is 29.7 Å². The van der Waals surface area contributed by atoms with Gasteiger partial charge in [-0.1, -0.05) is 41.4 Å². The number of carbonyl (C=O) groups is 1. The molecule has 0 saturated heterocycles. The highest BCUT2D eigenvalue weighted by Crippen LogP contribution is 2.30. The molecule has 1 amide bonds. The van der Waals surface area contributed by atoms with Gasteiger partial charge in [0.15, 0.2) is 0 Å². The molecule has 1 aromatic heterocycles. The fourth-order valence-electron chi connectivity index (χ4n) is 1.87. The highest BCUT2D eigenvalue weighted by atomic mass is 35.5. The van der Waals surface area contributed by atoms with Crippen LogP contribution in [0.2, 0.25) is 10.2 Å².